The molecule has 0 radical (unpaired) electrons. The summed E-state index contributed by atoms with van der Waals surface area (Å²) in [5, 5.41) is 0. The van der Waals surface area contributed by atoms with Gasteiger partial charge in [-0.25, -0.2) is 0 Å². The van der Waals surface area contributed by atoms with Crippen molar-refractivity contribution in [2.45, 2.75) is 32.8 Å². The standard InChI is InChI=1S/C14H21N3O4/c1-6-9-18-11-15-12(19-10-7-2)17-13(16-11)20-21-14(4,5)8-3/h6-7H,1-2,8-10H2,3-5H3. The van der Waals surface area contributed by atoms with Crippen molar-refractivity contribution in [2.24, 2.45) is 0 Å². The van der Waals surface area contributed by atoms with Gasteiger partial charge in [0, 0.05) is 0 Å². The Bertz CT molecular complexity index is 447. The first kappa shape index (κ1) is 16.9. The summed E-state index contributed by atoms with van der Waals surface area (Å²) in [5.41, 5.74) is -0.461. The van der Waals surface area contributed by atoms with Crippen LogP contribution in [0.4, 0.5) is 0 Å². The van der Waals surface area contributed by atoms with E-state index in [1.807, 2.05) is 20.8 Å². The summed E-state index contributed by atoms with van der Waals surface area (Å²) >= 11 is 0. The maximum Gasteiger partial charge on any atom is 0.362 e. The molecule has 0 fully saturated rings. The number of hydrogen-bond donors (Lipinski definition) is 0. The van der Waals surface area contributed by atoms with Crippen LogP contribution in [0.15, 0.2) is 25.3 Å². The summed E-state index contributed by atoms with van der Waals surface area (Å²) in [7, 11) is 0. The van der Waals surface area contributed by atoms with Crippen LogP contribution in [0, 0.1) is 0 Å². The van der Waals surface area contributed by atoms with Gasteiger partial charge in [0.05, 0.1) is 0 Å². The third-order valence-corrected chi connectivity index (χ3v) is 2.43. The van der Waals surface area contributed by atoms with Crippen LogP contribution in [-0.4, -0.2) is 33.8 Å². The molecule has 0 aliphatic heterocycles. The molecule has 7 nitrogen and oxygen atoms in total. The van der Waals surface area contributed by atoms with Gasteiger partial charge in [-0.1, -0.05) is 32.2 Å². The van der Waals surface area contributed by atoms with Crippen LogP contribution in [-0.2, 0) is 4.89 Å². The molecule has 21 heavy (non-hydrogen) atoms. The van der Waals surface area contributed by atoms with Crippen LogP contribution in [0.3, 0.4) is 0 Å². The fraction of sp³-hybridized carbons (Fsp3) is 0.500. The molecule has 0 aromatic carbocycles. The van der Waals surface area contributed by atoms with E-state index in [4.69, 9.17) is 19.2 Å². The molecule has 0 saturated heterocycles. The molecule has 7 heteroatoms. The molecular weight excluding hydrogens is 274 g/mol. The van der Waals surface area contributed by atoms with E-state index in [9.17, 15) is 0 Å². The third-order valence-electron chi connectivity index (χ3n) is 2.43. The van der Waals surface area contributed by atoms with Crippen LogP contribution in [0.1, 0.15) is 27.2 Å². The average molecular weight is 295 g/mol. The molecule has 116 valence electrons. The first-order chi connectivity index (χ1) is 10.0. The van der Waals surface area contributed by atoms with Crippen LogP contribution in [0.25, 0.3) is 0 Å². The van der Waals surface area contributed by atoms with Crippen molar-refractivity contribution >= 4 is 0 Å². The monoisotopic (exact) mass is 295 g/mol. The van der Waals surface area contributed by atoms with Gasteiger partial charge in [-0.3, -0.25) is 4.89 Å². The van der Waals surface area contributed by atoms with Crippen molar-refractivity contribution in [3.63, 3.8) is 0 Å². The normalized spacial score (nSPS) is 10.8. The summed E-state index contributed by atoms with van der Waals surface area (Å²) in [6.07, 6.45) is 3.91. The summed E-state index contributed by atoms with van der Waals surface area (Å²) in [6, 6.07) is 0.0957. The van der Waals surface area contributed by atoms with Crippen molar-refractivity contribution in [1.82, 2.24) is 15.0 Å². The van der Waals surface area contributed by atoms with E-state index < -0.39 is 5.60 Å². The lowest BCUT2D eigenvalue weighted by molar-refractivity contribution is -0.286. The van der Waals surface area contributed by atoms with Crippen LogP contribution >= 0.6 is 0 Å². The van der Waals surface area contributed by atoms with Crippen molar-refractivity contribution in [3.05, 3.63) is 25.3 Å². The van der Waals surface area contributed by atoms with E-state index >= 15 is 0 Å². The quantitative estimate of drug-likeness (QED) is 0.373. The SMILES string of the molecule is C=CCOc1nc(OCC=C)nc(OOC(C)(C)CC)n1. The second kappa shape index (κ2) is 8.21. The van der Waals surface area contributed by atoms with Gasteiger partial charge < -0.3 is 9.47 Å². The fourth-order valence-corrected chi connectivity index (χ4v) is 0.963. The number of nitrogens with zero attached hydrogens (tertiary/aromatic N) is 3. The van der Waals surface area contributed by atoms with Gasteiger partial charge in [-0.15, -0.1) is 15.0 Å². The van der Waals surface area contributed by atoms with E-state index in [0.717, 1.165) is 6.42 Å². The summed E-state index contributed by atoms with van der Waals surface area (Å²) < 4.78 is 10.5. The minimum atomic E-state index is -0.461. The minimum Gasteiger partial charge on any atom is -0.459 e. The number of aromatic nitrogens is 3. The zero-order chi connectivity index (χ0) is 15.7. The third kappa shape index (κ3) is 6.22. The molecule has 0 aliphatic rings. The lowest BCUT2D eigenvalue weighted by Crippen LogP contribution is -2.25. The molecule has 0 saturated carbocycles. The van der Waals surface area contributed by atoms with E-state index in [-0.39, 0.29) is 31.2 Å². The largest absolute Gasteiger partial charge is 0.459 e. The number of ether oxygens (including phenoxy) is 2. The van der Waals surface area contributed by atoms with Gasteiger partial charge in [-0.2, -0.15) is 4.89 Å². The molecule has 0 N–H and O–H groups in total. The van der Waals surface area contributed by atoms with Crippen LogP contribution in [0.5, 0.6) is 18.0 Å². The second-order valence-electron chi connectivity index (χ2n) is 4.66. The smallest absolute Gasteiger partial charge is 0.362 e. The van der Waals surface area contributed by atoms with Gasteiger partial charge in [0.1, 0.15) is 18.8 Å². The topological polar surface area (TPSA) is 75.6 Å². The molecule has 1 heterocycles. The van der Waals surface area contributed by atoms with Gasteiger partial charge in [0.2, 0.25) is 0 Å². The molecular formula is C14H21N3O4. The van der Waals surface area contributed by atoms with E-state index in [1.54, 1.807) is 12.2 Å². The maximum absolute atomic E-state index is 5.28. The van der Waals surface area contributed by atoms with Crippen LogP contribution in [0.2, 0.25) is 0 Å². The summed E-state index contributed by atoms with van der Waals surface area (Å²) in [4.78, 5) is 22.3. The zero-order valence-corrected chi connectivity index (χ0v) is 12.7. The molecule has 0 amide bonds. The lowest BCUT2D eigenvalue weighted by atomic mass is 10.1. The highest BCUT2D eigenvalue weighted by atomic mass is 17.2. The van der Waals surface area contributed by atoms with Gasteiger partial charge >= 0.3 is 18.0 Å². The van der Waals surface area contributed by atoms with Crippen molar-refractivity contribution in [3.8, 4) is 18.0 Å². The van der Waals surface area contributed by atoms with Gasteiger partial charge in [-0.05, 0) is 20.3 Å². The lowest BCUT2D eigenvalue weighted by Gasteiger charge is -2.20. The molecule has 0 bridgehead atoms. The Morgan fingerprint density at radius 1 is 0.952 bits per heavy atom. The molecule has 1 aromatic rings. The van der Waals surface area contributed by atoms with Crippen molar-refractivity contribution in [1.29, 1.82) is 0 Å². The first-order valence-corrected chi connectivity index (χ1v) is 6.60. The molecule has 1 aromatic heterocycles. The Labute approximate surface area is 124 Å². The van der Waals surface area contributed by atoms with Gasteiger partial charge in [0.25, 0.3) is 0 Å². The highest BCUT2D eigenvalue weighted by molar-refractivity contribution is 5.09. The summed E-state index contributed by atoms with van der Waals surface area (Å²) in [6.45, 7) is 13.4. The Morgan fingerprint density at radius 3 is 1.86 bits per heavy atom. The highest BCUT2D eigenvalue weighted by Crippen LogP contribution is 2.19. The number of rotatable bonds is 10. The van der Waals surface area contributed by atoms with E-state index in [2.05, 4.69) is 28.1 Å². The maximum atomic E-state index is 5.28. The first-order valence-electron chi connectivity index (χ1n) is 6.60. The average Bonchev–Trinajstić information content (AvgIpc) is 2.49. The molecule has 1 rings (SSSR count). The molecule has 0 aliphatic carbocycles. The Morgan fingerprint density at radius 2 is 1.43 bits per heavy atom. The van der Waals surface area contributed by atoms with Crippen LogP contribution < -0.4 is 14.4 Å². The van der Waals surface area contributed by atoms with Crippen molar-refractivity contribution in [2.75, 3.05) is 13.2 Å². The predicted molar refractivity (Wildman–Crippen MR) is 77.3 cm³/mol. The number of hydrogen-bond acceptors (Lipinski definition) is 7. The van der Waals surface area contributed by atoms with E-state index in [0.29, 0.717) is 0 Å². The highest BCUT2D eigenvalue weighted by Gasteiger charge is 2.19. The van der Waals surface area contributed by atoms with Crippen molar-refractivity contribution < 1.29 is 19.2 Å². The second-order valence-corrected chi connectivity index (χ2v) is 4.66. The van der Waals surface area contributed by atoms with Gasteiger partial charge in [0.15, 0.2) is 0 Å². The Balaban J connectivity index is 2.84. The zero-order valence-electron chi connectivity index (χ0n) is 12.7. The minimum absolute atomic E-state index is 0.0374. The molecule has 0 unspecified atom stereocenters. The molecule has 0 spiro atoms. The van der Waals surface area contributed by atoms with E-state index in [1.165, 1.54) is 0 Å². The fourth-order valence-electron chi connectivity index (χ4n) is 0.963. The Hall–Kier alpha value is -2.15. The summed E-state index contributed by atoms with van der Waals surface area (Å²) in [5.74, 6) is 0. The molecule has 0 atom stereocenters. The predicted octanol–water partition coefficient (Wildman–Crippen LogP) is 2.50. The Kier molecular flexibility index (Phi) is 6.61.